The maximum atomic E-state index is 8.68. The summed E-state index contributed by atoms with van der Waals surface area (Å²) in [6.45, 7) is 2.22. The van der Waals surface area contributed by atoms with Crippen LogP contribution < -0.4 is 11.1 Å². The molecule has 0 heterocycles. The van der Waals surface area contributed by atoms with Crippen molar-refractivity contribution in [2.75, 3.05) is 11.1 Å². The van der Waals surface area contributed by atoms with Crippen LogP contribution in [-0.4, -0.2) is 6.04 Å². The summed E-state index contributed by atoms with van der Waals surface area (Å²) in [5, 5.41) is 12.2. The zero-order valence-corrected chi connectivity index (χ0v) is 9.53. The topological polar surface area (TPSA) is 61.8 Å². The van der Waals surface area contributed by atoms with Gasteiger partial charge in [0.1, 0.15) is 0 Å². The monoisotopic (exact) mass is 215 g/mol. The number of nitrogens with two attached hydrogens (primary N) is 1. The molecule has 3 nitrogen and oxygen atoms in total. The fourth-order valence-corrected chi connectivity index (χ4v) is 2.02. The predicted molar refractivity (Wildman–Crippen MR) is 66.0 cm³/mol. The smallest absolute Gasteiger partial charge is 0.0670 e. The lowest BCUT2D eigenvalue weighted by Crippen LogP contribution is -2.05. The van der Waals surface area contributed by atoms with Crippen molar-refractivity contribution in [3.05, 3.63) is 23.8 Å². The molecule has 0 aromatic heterocycles. The maximum Gasteiger partial charge on any atom is 0.0670 e. The van der Waals surface area contributed by atoms with E-state index >= 15 is 0 Å². The van der Waals surface area contributed by atoms with Crippen molar-refractivity contribution in [3.63, 3.8) is 0 Å². The molecule has 0 spiro atoms. The minimum Gasteiger partial charge on any atom is -0.398 e. The molecule has 0 radical (unpaired) electrons. The summed E-state index contributed by atoms with van der Waals surface area (Å²) in [7, 11) is 0. The molecule has 1 fully saturated rings. The van der Waals surface area contributed by atoms with Crippen molar-refractivity contribution < 1.29 is 0 Å². The Bertz CT molecular complexity index is 420. The van der Waals surface area contributed by atoms with Crippen LogP contribution in [0.2, 0.25) is 0 Å². The number of nitriles is 1. The Kier molecular flexibility index (Phi) is 3.00. The molecule has 3 N–H and O–H groups in total. The first-order valence-electron chi connectivity index (χ1n) is 5.76. The highest BCUT2D eigenvalue weighted by atomic mass is 15.0. The molecule has 1 aromatic rings. The lowest BCUT2D eigenvalue weighted by atomic mass is 10.1. The van der Waals surface area contributed by atoms with Crippen LogP contribution in [0, 0.1) is 17.2 Å². The third-order valence-corrected chi connectivity index (χ3v) is 3.21. The van der Waals surface area contributed by atoms with Crippen molar-refractivity contribution in [2.24, 2.45) is 5.92 Å². The SMILES string of the molecule is CCC1CC1Nc1ccc(N)c(CC#N)c1. The summed E-state index contributed by atoms with van der Waals surface area (Å²) in [5.74, 6) is 0.817. The van der Waals surface area contributed by atoms with Gasteiger partial charge >= 0.3 is 0 Å². The van der Waals surface area contributed by atoms with Crippen molar-refractivity contribution in [1.29, 1.82) is 5.26 Å². The fourth-order valence-electron chi connectivity index (χ4n) is 2.02. The molecule has 2 atom stereocenters. The molecule has 16 heavy (non-hydrogen) atoms. The van der Waals surface area contributed by atoms with E-state index in [9.17, 15) is 0 Å². The van der Waals surface area contributed by atoms with E-state index in [4.69, 9.17) is 11.0 Å². The normalized spacial score (nSPS) is 22.5. The Morgan fingerprint density at radius 3 is 3.00 bits per heavy atom. The number of rotatable bonds is 4. The van der Waals surface area contributed by atoms with Gasteiger partial charge in [-0.15, -0.1) is 0 Å². The number of hydrogen-bond donors (Lipinski definition) is 2. The van der Waals surface area contributed by atoms with Crippen LogP contribution in [-0.2, 0) is 6.42 Å². The number of nitrogens with zero attached hydrogens (tertiary/aromatic N) is 1. The van der Waals surface area contributed by atoms with Crippen LogP contribution in [0.1, 0.15) is 25.3 Å². The second-order valence-electron chi connectivity index (χ2n) is 4.40. The van der Waals surface area contributed by atoms with E-state index in [0.717, 1.165) is 17.2 Å². The van der Waals surface area contributed by atoms with Crippen molar-refractivity contribution in [2.45, 2.75) is 32.2 Å². The van der Waals surface area contributed by atoms with Crippen LogP contribution in [0.15, 0.2) is 18.2 Å². The van der Waals surface area contributed by atoms with Crippen LogP contribution >= 0.6 is 0 Å². The third kappa shape index (κ3) is 2.27. The lowest BCUT2D eigenvalue weighted by molar-refractivity contribution is 0.775. The summed E-state index contributed by atoms with van der Waals surface area (Å²) in [4.78, 5) is 0. The Balaban J connectivity index is 2.05. The summed E-state index contributed by atoms with van der Waals surface area (Å²) < 4.78 is 0. The quantitative estimate of drug-likeness (QED) is 0.759. The van der Waals surface area contributed by atoms with Gasteiger partial charge in [-0.05, 0) is 36.1 Å². The van der Waals surface area contributed by atoms with Crippen LogP contribution in [0.3, 0.4) is 0 Å². The van der Waals surface area contributed by atoms with Gasteiger partial charge in [0.05, 0.1) is 12.5 Å². The number of nitrogen functional groups attached to an aromatic ring is 1. The molecule has 1 aliphatic rings. The molecular formula is C13H17N3. The van der Waals surface area contributed by atoms with Gasteiger partial charge in [0.15, 0.2) is 0 Å². The molecule has 0 saturated heterocycles. The lowest BCUT2D eigenvalue weighted by Gasteiger charge is -2.08. The summed E-state index contributed by atoms with van der Waals surface area (Å²) in [6.07, 6.45) is 2.87. The van der Waals surface area contributed by atoms with Gasteiger partial charge in [-0.2, -0.15) is 5.26 Å². The van der Waals surface area contributed by atoms with Gasteiger partial charge in [0, 0.05) is 17.4 Å². The molecule has 0 aliphatic heterocycles. The highest BCUT2D eigenvalue weighted by molar-refractivity contribution is 5.58. The van der Waals surface area contributed by atoms with E-state index in [1.165, 1.54) is 12.8 Å². The highest BCUT2D eigenvalue weighted by Gasteiger charge is 2.34. The third-order valence-electron chi connectivity index (χ3n) is 3.21. The van der Waals surface area contributed by atoms with Crippen molar-refractivity contribution in [3.8, 4) is 6.07 Å². The Morgan fingerprint density at radius 1 is 1.56 bits per heavy atom. The van der Waals surface area contributed by atoms with E-state index in [0.29, 0.717) is 18.2 Å². The van der Waals surface area contributed by atoms with Gasteiger partial charge in [-0.25, -0.2) is 0 Å². The maximum absolute atomic E-state index is 8.68. The average Bonchev–Trinajstić information content (AvgIpc) is 3.02. The van der Waals surface area contributed by atoms with E-state index in [2.05, 4.69) is 18.3 Å². The number of anilines is 2. The minimum atomic E-state index is 0.378. The average molecular weight is 215 g/mol. The highest BCUT2D eigenvalue weighted by Crippen LogP contribution is 2.36. The van der Waals surface area contributed by atoms with Gasteiger partial charge in [-0.3, -0.25) is 0 Å². The molecule has 84 valence electrons. The second kappa shape index (κ2) is 4.44. The molecule has 3 heteroatoms. The van der Waals surface area contributed by atoms with E-state index in [-0.39, 0.29) is 0 Å². The summed E-state index contributed by atoms with van der Waals surface area (Å²) >= 11 is 0. The second-order valence-corrected chi connectivity index (χ2v) is 4.40. The van der Waals surface area contributed by atoms with Gasteiger partial charge in [-0.1, -0.05) is 13.3 Å². The minimum absolute atomic E-state index is 0.378. The van der Waals surface area contributed by atoms with E-state index in [1.807, 2.05) is 18.2 Å². The van der Waals surface area contributed by atoms with E-state index in [1.54, 1.807) is 0 Å². The van der Waals surface area contributed by atoms with Crippen LogP contribution in [0.5, 0.6) is 0 Å². The molecule has 1 saturated carbocycles. The molecule has 0 amide bonds. The zero-order valence-electron chi connectivity index (χ0n) is 9.53. The Labute approximate surface area is 96.3 Å². The van der Waals surface area contributed by atoms with Crippen molar-refractivity contribution in [1.82, 2.24) is 0 Å². The van der Waals surface area contributed by atoms with Crippen molar-refractivity contribution >= 4 is 11.4 Å². The van der Waals surface area contributed by atoms with Gasteiger partial charge in [0.2, 0.25) is 0 Å². The van der Waals surface area contributed by atoms with Crippen LogP contribution in [0.25, 0.3) is 0 Å². The first-order chi connectivity index (χ1) is 7.74. The first-order valence-corrected chi connectivity index (χ1v) is 5.76. The standard InChI is InChI=1S/C13H17N3/c1-2-9-8-13(9)16-11-3-4-12(15)10(7-11)5-6-14/h3-4,7,9,13,16H,2,5,8,15H2,1H3. The number of nitrogens with one attached hydrogen (secondary N) is 1. The summed E-state index contributed by atoms with van der Waals surface area (Å²) in [6, 6.07) is 8.60. The Hall–Kier alpha value is -1.69. The summed E-state index contributed by atoms with van der Waals surface area (Å²) in [5.41, 5.74) is 8.50. The number of benzene rings is 1. The largest absolute Gasteiger partial charge is 0.398 e. The molecule has 2 unspecified atom stereocenters. The predicted octanol–water partition coefficient (Wildman–Crippen LogP) is 2.55. The number of hydrogen-bond acceptors (Lipinski definition) is 3. The molecule has 1 aliphatic carbocycles. The van der Waals surface area contributed by atoms with Gasteiger partial charge < -0.3 is 11.1 Å². The Morgan fingerprint density at radius 2 is 2.38 bits per heavy atom. The molecule has 0 bridgehead atoms. The zero-order chi connectivity index (χ0) is 11.5. The van der Waals surface area contributed by atoms with Gasteiger partial charge in [0.25, 0.3) is 0 Å². The first kappa shape index (κ1) is 10.8. The molecule has 2 rings (SSSR count). The fraction of sp³-hybridized carbons (Fsp3) is 0.462. The van der Waals surface area contributed by atoms with Crippen LogP contribution in [0.4, 0.5) is 11.4 Å². The van der Waals surface area contributed by atoms with E-state index < -0.39 is 0 Å². The molecule has 1 aromatic carbocycles. The molecular weight excluding hydrogens is 198 g/mol.